The van der Waals surface area contributed by atoms with E-state index in [0.717, 1.165) is 29.5 Å². The summed E-state index contributed by atoms with van der Waals surface area (Å²) in [5.41, 5.74) is 2.72. The second-order valence-electron chi connectivity index (χ2n) is 6.75. The minimum absolute atomic E-state index is 0.244. The van der Waals surface area contributed by atoms with Gasteiger partial charge in [-0.05, 0) is 56.4 Å². The van der Waals surface area contributed by atoms with Crippen LogP contribution in [0.5, 0.6) is 0 Å². The minimum Gasteiger partial charge on any atom is -0.310 e. The van der Waals surface area contributed by atoms with Crippen molar-refractivity contribution >= 4 is 10.0 Å². The molecule has 2 rings (SSSR count). The summed E-state index contributed by atoms with van der Waals surface area (Å²) in [6.07, 6.45) is 1.83. The molecule has 21 heavy (non-hydrogen) atoms. The van der Waals surface area contributed by atoms with Gasteiger partial charge in [-0.15, -0.1) is 0 Å². The highest BCUT2D eigenvalue weighted by Crippen LogP contribution is 2.36. The Labute approximate surface area is 128 Å². The molecule has 1 aromatic rings. The second-order valence-corrected chi connectivity index (χ2v) is 8.40. The molecular weight excluding hydrogens is 284 g/mol. The Morgan fingerprint density at radius 1 is 1.19 bits per heavy atom. The van der Waals surface area contributed by atoms with Crippen LogP contribution in [0, 0.1) is 13.8 Å². The summed E-state index contributed by atoms with van der Waals surface area (Å²) in [6.45, 7) is 10.7. The quantitative estimate of drug-likeness (QED) is 0.849. The standard InChI is InChI=1S/C16H26N2O2S/c1-11(2)17-10-14-9-15(13(4)8-12(14)3)21(19,20)18-16(5)6-7-16/h8-9,11,17-18H,6-7,10H2,1-5H3. The topological polar surface area (TPSA) is 58.2 Å². The summed E-state index contributed by atoms with van der Waals surface area (Å²) in [5.74, 6) is 0. The van der Waals surface area contributed by atoms with Crippen LogP contribution < -0.4 is 10.0 Å². The van der Waals surface area contributed by atoms with E-state index in [1.807, 2.05) is 32.9 Å². The third-order valence-electron chi connectivity index (χ3n) is 4.00. The molecule has 1 aliphatic rings. The van der Waals surface area contributed by atoms with Crippen molar-refractivity contribution in [3.8, 4) is 0 Å². The molecule has 0 unspecified atom stereocenters. The van der Waals surface area contributed by atoms with E-state index >= 15 is 0 Å². The van der Waals surface area contributed by atoms with Crippen LogP contribution in [0.25, 0.3) is 0 Å². The molecule has 0 saturated heterocycles. The van der Waals surface area contributed by atoms with Gasteiger partial charge < -0.3 is 5.32 Å². The summed E-state index contributed by atoms with van der Waals surface area (Å²) in [4.78, 5) is 0.404. The van der Waals surface area contributed by atoms with Crippen molar-refractivity contribution in [1.29, 1.82) is 0 Å². The van der Waals surface area contributed by atoms with Gasteiger partial charge in [0.1, 0.15) is 0 Å². The van der Waals surface area contributed by atoms with E-state index in [0.29, 0.717) is 17.5 Å². The Kier molecular flexibility index (Phi) is 4.47. The number of benzene rings is 1. The van der Waals surface area contributed by atoms with Crippen LogP contribution in [-0.4, -0.2) is 20.0 Å². The first-order valence-corrected chi connectivity index (χ1v) is 8.99. The summed E-state index contributed by atoms with van der Waals surface area (Å²) >= 11 is 0. The maximum absolute atomic E-state index is 12.6. The maximum Gasteiger partial charge on any atom is 0.241 e. The zero-order chi connectivity index (χ0) is 15.8. The predicted molar refractivity (Wildman–Crippen MR) is 85.9 cm³/mol. The first kappa shape index (κ1) is 16.5. The van der Waals surface area contributed by atoms with Gasteiger partial charge in [0.2, 0.25) is 10.0 Å². The highest BCUT2D eigenvalue weighted by Gasteiger charge is 2.41. The molecule has 118 valence electrons. The fourth-order valence-electron chi connectivity index (χ4n) is 2.34. The minimum atomic E-state index is -3.44. The Bertz CT molecular complexity index is 632. The van der Waals surface area contributed by atoms with E-state index in [1.165, 1.54) is 0 Å². The molecule has 4 nitrogen and oxygen atoms in total. The van der Waals surface area contributed by atoms with Gasteiger partial charge in [0.05, 0.1) is 4.90 Å². The average molecular weight is 310 g/mol. The Hall–Kier alpha value is -0.910. The lowest BCUT2D eigenvalue weighted by atomic mass is 10.1. The van der Waals surface area contributed by atoms with Crippen molar-refractivity contribution < 1.29 is 8.42 Å². The van der Waals surface area contributed by atoms with Crippen LogP contribution in [0.15, 0.2) is 17.0 Å². The number of hydrogen-bond acceptors (Lipinski definition) is 3. The number of rotatable bonds is 6. The van der Waals surface area contributed by atoms with Crippen molar-refractivity contribution in [1.82, 2.24) is 10.0 Å². The third kappa shape index (κ3) is 4.05. The zero-order valence-corrected chi connectivity index (χ0v) is 14.4. The Balaban J connectivity index is 2.32. The van der Waals surface area contributed by atoms with Crippen LogP contribution in [0.2, 0.25) is 0 Å². The van der Waals surface area contributed by atoms with E-state index < -0.39 is 10.0 Å². The Morgan fingerprint density at radius 2 is 1.81 bits per heavy atom. The molecule has 0 amide bonds. The molecule has 0 aliphatic heterocycles. The van der Waals surface area contributed by atoms with Crippen LogP contribution >= 0.6 is 0 Å². The molecule has 2 N–H and O–H groups in total. The van der Waals surface area contributed by atoms with Crippen molar-refractivity contribution in [2.75, 3.05) is 0 Å². The SMILES string of the molecule is Cc1cc(C)c(S(=O)(=O)NC2(C)CC2)cc1CNC(C)C. The van der Waals surface area contributed by atoms with Gasteiger partial charge in [0.15, 0.2) is 0 Å². The van der Waals surface area contributed by atoms with E-state index in [4.69, 9.17) is 0 Å². The largest absolute Gasteiger partial charge is 0.310 e. The molecule has 0 spiro atoms. The number of aryl methyl sites for hydroxylation is 2. The molecule has 0 heterocycles. The van der Waals surface area contributed by atoms with Gasteiger partial charge >= 0.3 is 0 Å². The molecular formula is C16H26N2O2S. The van der Waals surface area contributed by atoms with Crippen molar-refractivity contribution in [3.05, 3.63) is 28.8 Å². The highest BCUT2D eigenvalue weighted by molar-refractivity contribution is 7.89. The van der Waals surface area contributed by atoms with E-state index in [2.05, 4.69) is 23.9 Å². The van der Waals surface area contributed by atoms with Crippen molar-refractivity contribution in [3.63, 3.8) is 0 Å². The monoisotopic (exact) mass is 310 g/mol. The molecule has 1 aliphatic carbocycles. The zero-order valence-electron chi connectivity index (χ0n) is 13.6. The fourth-order valence-corrected chi connectivity index (χ4v) is 4.08. The van der Waals surface area contributed by atoms with Gasteiger partial charge in [-0.2, -0.15) is 0 Å². The van der Waals surface area contributed by atoms with E-state index in [-0.39, 0.29) is 5.54 Å². The first-order valence-electron chi connectivity index (χ1n) is 7.50. The molecule has 5 heteroatoms. The van der Waals surface area contributed by atoms with Gasteiger partial charge in [-0.25, -0.2) is 13.1 Å². The third-order valence-corrected chi connectivity index (χ3v) is 5.78. The highest BCUT2D eigenvalue weighted by atomic mass is 32.2. The summed E-state index contributed by atoms with van der Waals surface area (Å²) in [5, 5.41) is 3.35. The lowest BCUT2D eigenvalue weighted by molar-refractivity contribution is 0.556. The molecule has 0 aromatic heterocycles. The molecule has 1 aromatic carbocycles. The molecule has 1 fully saturated rings. The molecule has 1 saturated carbocycles. The van der Waals surface area contributed by atoms with Gasteiger partial charge in [-0.1, -0.05) is 19.9 Å². The normalized spacial score (nSPS) is 17.2. The van der Waals surface area contributed by atoms with Crippen LogP contribution in [0.4, 0.5) is 0 Å². The summed E-state index contributed by atoms with van der Waals surface area (Å²) in [7, 11) is -3.44. The van der Waals surface area contributed by atoms with Crippen LogP contribution in [0.3, 0.4) is 0 Å². The molecule has 0 bridgehead atoms. The first-order chi connectivity index (χ1) is 9.63. The van der Waals surface area contributed by atoms with Gasteiger partial charge in [-0.3, -0.25) is 0 Å². The number of hydrogen-bond donors (Lipinski definition) is 2. The van der Waals surface area contributed by atoms with Crippen LogP contribution in [0.1, 0.15) is 50.3 Å². The van der Waals surface area contributed by atoms with Crippen molar-refractivity contribution in [2.45, 2.75) is 70.5 Å². The summed E-state index contributed by atoms with van der Waals surface area (Å²) in [6, 6.07) is 4.14. The lowest BCUT2D eigenvalue weighted by Crippen LogP contribution is -2.34. The van der Waals surface area contributed by atoms with Gasteiger partial charge in [0.25, 0.3) is 0 Å². The smallest absolute Gasteiger partial charge is 0.241 e. The van der Waals surface area contributed by atoms with Crippen LogP contribution in [-0.2, 0) is 16.6 Å². The van der Waals surface area contributed by atoms with E-state index in [1.54, 1.807) is 0 Å². The second kappa shape index (κ2) is 5.71. The Morgan fingerprint density at radius 3 is 2.33 bits per heavy atom. The molecule has 0 atom stereocenters. The van der Waals surface area contributed by atoms with E-state index in [9.17, 15) is 8.42 Å². The average Bonchev–Trinajstić information content (AvgIpc) is 3.03. The summed E-state index contributed by atoms with van der Waals surface area (Å²) < 4.78 is 28.0. The predicted octanol–water partition coefficient (Wildman–Crippen LogP) is 2.63. The maximum atomic E-state index is 12.6. The molecule has 0 radical (unpaired) electrons. The lowest BCUT2D eigenvalue weighted by Gasteiger charge is -2.17. The number of sulfonamides is 1. The number of nitrogens with one attached hydrogen (secondary N) is 2. The van der Waals surface area contributed by atoms with Crippen molar-refractivity contribution in [2.24, 2.45) is 0 Å². The fraction of sp³-hybridized carbons (Fsp3) is 0.625. The van der Waals surface area contributed by atoms with Gasteiger partial charge in [0, 0.05) is 18.1 Å².